The average Bonchev–Trinajstić information content (AvgIpc) is 2.30. The van der Waals surface area contributed by atoms with Crippen molar-refractivity contribution in [2.75, 3.05) is 6.54 Å². The van der Waals surface area contributed by atoms with Crippen LogP contribution in [0, 0.1) is 0 Å². The Balaban J connectivity index is 3.37. The summed E-state index contributed by atoms with van der Waals surface area (Å²) < 4.78 is 0. The van der Waals surface area contributed by atoms with Gasteiger partial charge in [-0.25, -0.2) is 4.79 Å². The van der Waals surface area contributed by atoms with Crippen LogP contribution in [0.15, 0.2) is 5.16 Å². The Bertz CT molecular complexity index is 215. The van der Waals surface area contributed by atoms with Gasteiger partial charge in [-0.1, -0.05) is 44.7 Å². The largest absolute Gasteiger partial charge is 0.433 e. The molecular formula is C12H24N2O2. The number of amides is 1. The number of carbonyl (C=O) groups is 1. The van der Waals surface area contributed by atoms with Gasteiger partial charge in [0.05, 0.1) is 5.71 Å². The van der Waals surface area contributed by atoms with Crippen molar-refractivity contribution in [2.45, 2.75) is 59.3 Å². The third-order valence-corrected chi connectivity index (χ3v) is 2.35. The number of rotatable bonds is 8. The van der Waals surface area contributed by atoms with Crippen LogP contribution in [0.4, 0.5) is 4.79 Å². The standard InChI is InChI=1S/C12H24N2O2/c1-4-6-7-8-9-10-13-12(15)16-14-11(3)5-2/h4-10H2,1-3H3,(H,13,15)/b14-11+. The minimum Gasteiger partial charge on any atom is -0.320 e. The van der Waals surface area contributed by atoms with Crippen LogP contribution in [0.2, 0.25) is 0 Å². The zero-order valence-corrected chi connectivity index (χ0v) is 10.7. The number of hydrogen-bond donors (Lipinski definition) is 1. The van der Waals surface area contributed by atoms with Crippen molar-refractivity contribution in [3.63, 3.8) is 0 Å². The molecule has 0 aliphatic rings. The lowest BCUT2D eigenvalue weighted by atomic mass is 10.1. The number of nitrogens with one attached hydrogen (secondary N) is 1. The molecule has 0 bridgehead atoms. The molecule has 0 unspecified atom stereocenters. The topological polar surface area (TPSA) is 50.7 Å². The number of nitrogens with zero attached hydrogens (tertiary/aromatic N) is 1. The van der Waals surface area contributed by atoms with Gasteiger partial charge in [0.1, 0.15) is 0 Å². The summed E-state index contributed by atoms with van der Waals surface area (Å²) >= 11 is 0. The molecule has 0 rings (SSSR count). The van der Waals surface area contributed by atoms with Crippen molar-refractivity contribution >= 4 is 11.8 Å². The first-order chi connectivity index (χ1) is 7.70. The van der Waals surface area contributed by atoms with Gasteiger partial charge in [0.2, 0.25) is 0 Å². The lowest BCUT2D eigenvalue weighted by molar-refractivity contribution is 0.150. The Morgan fingerprint density at radius 3 is 2.50 bits per heavy atom. The van der Waals surface area contributed by atoms with Crippen LogP contribution in [0.1, 0.15) is 59.3 Å². The predicted molar refractivity (Wildman–Crippen MR) is 66.6 cm³/mol. The van der Waals surface area contributed by atoms with Gasteiger partial charge in [0, 0.05) is 6.54 Å². The zero-order valence-electron chi connectivity index (χ0n) is 10.7. The lowest BCUT2D eigenvalue weighted by Gasteiger charge is -2.03. The van der Waals surface area contributed by atoms with Crippen molar-refractivity contribution in [1.29, 1.82) is 0 Å². The van der Waals surface area contributed by atoms with Gasteiger partial charge >= 0.3 is 6.09 Å². The lowest BCUT2D eigenvalue weighted by Crippen LogP contribution is -2.24. The second-order valence-electron chi connectivity index (χ2n) is 3.90. The molecule has 0 aromatic rings. The van der Waals surface area contributed by atoms with E-state index in [0.717, 1.165) is 25.0 Å². The summed E-state index contributed by atoms with van der Waals surface area (Å²) in [6, 6.07) is 0. The van der Waals surface area contributed by atoms with Gasteiger partial charge < -0.3 is 5.32 Å². The maximum absolute atomic E-state index is 11.1. The van der Waals surface area contributed by atoms with Gasteiger partial charge in [0.15, 0.2) is 0 Å². The highest BCUT2D eigenvalue weighted by Gasteiger charge is 1.99. The fraction of sp³-hybridized carbons (Fsp3) is 0.833. The first-order valence-corrected chi connectivity index (χ1v) is 6.19. The molecule has 0 radical (unpaired) electrons. The predicted octanol–water partition coefficient (Wildman–Crippen LogP) is 3.47. The maximum Gasteiger partial charge on any atom is 0.433 e. The molecule has 4 heteroatoms. The van der Waals surface area contributed by atoms with E-state index in [1.54, 1.807) is 0 Å². The molecule has 0 aliphatic heterocycles. The number of carbonyl (C=O) groups excluding carboxylic acids is 1. The van der Waals surface area contributed by atoms with E-state index in [9.17, 15) is 4.79 Å². The van der Waals surface area contributed by atoms with Gasteiger partial charge in [-0.3, -0.25) is 4.84 Å². The van der Waals surface area contributed by atoms with Crippen LogP contribution in [-0.2, 0) is 4.84 Å². The van der Waals surface area contributed by atoms with Gasteiger partial charge in [-0.2, -0.15) is 0 Å². The third kappa shape index (κ3) is 9.49. The van der Waals surface area contributed by atoms with Gasteiger partial charge in [-0.05, 0) is 19.8 Å². The molecule has 0 aromatic carbocycles. The minimum absolute atomic E-state index is 0.455. The molecule has 0 saturated heterocycles. The molecule has 0 fully saturated rings. The molecule has 0 aromatic heterocycles. The summed E-state index contributed by atoms with van der Waals surface area (Å²) in [6.07, 6.45) is 6.25. The summed E-state index contributed by atoms with van der Waals surface area (Å²) in [5.41, 5.74) is 0.818. The Morgan fingerprint density at radius 1 is 1.19 bits per heavy atom. The smallest absolute Gasteiger partial charge is 0.320 e. The van der Waals surface area contributed by atoms with Gasteiger partial charge in [0.25, 0.3) is 0 Å². The molecule has 0 saturated carbocycles. The monoisotopic (exact) mass is 228 g/mol. The quantitative estimate of drug-likeness (QED) is 0.299. The maximum atomic E-state index is 11.1. The fourth-order valence-electron chi connectivity index (χ4n) is 1.14. The highest BCUT2D eigenvalue weighted by molar-refractivity contribution is 5.81. The third-order valence-electron chi connectivity index (χ3n) is 2.35. The van der Waals surface area contributed by atoms with Crippen molar-refractivity contribution in [2.24, 2.45) is 5.16 Å². The summed E-state index contributed by atoms with van der Waals surface area (Å²) in [4.78, 5) is 15.8. The van der Waals surface area contributed by atoms with E-state index in [2.05, 4.69) is 22.2 Å². The van der Waals surface area contributed by atoms with Crippen LogP contribution < -0.4 is 5.32 Å². The second kappa shape index (κ2) is 10.5. The molecule has 0 heterocycles. The average molecular weight is 228 g/mol. The van der Waals surface area contributed by atoms with E-state index < -0.39 is 6.09 Å². The molecular weight excluding hydrogens is 204 g/mol. The molecule has 0 atom stereocenters. The summed E-state index contributed by atoms with van der Waals surface area (Å²) in [7, 11) is 0. The van der Waals surface area contributed by atoms with Gasteiger partial charge in [-0.15, -0.1) is 0 Å². The molecule has 0 spiro atoms. The minimum atomic E-state index is -0.455. The van der Waals surface area contributed by atoms with Crippen LogP contribution in [0.3, 0.4) is 0 Å². The summed E-state index contributed by atoms with van der Waals surface area (Å²) in [5.74, 6) is 0. The number of unbranched alkanes of at least 4 members (excludes halogenated alkanes) is 4. The summed E-state index contributed by atoms with van der Waals surface area (Å²) in [6.45, 7) is 6.65. The fourth-order valence-corrected chi connectivity index (χ4v) is 1.14. The van der Waals surface area contributed by atoms with E-state index in [0.29, 0.717) is 6.54 Å². The molecule has 16 heavy (non-hydrogen) atoms. The molecule has 1 amide bonds. The highest BCUT2D eigenvalue weighted by Crippen LogP contribution is 2.01. The van der Waals surface area contributed by atoms with Crippen molar-refractivity contribution < 1.29 is 9.63 Å². The SMILES string of the molecule is CCCCCCCNC(=O)O/N=C(\C)CC. The second-order valence-corrected chi connectivity index (χ2v) is 3.90. The molecule has 1 N–H and O–H groups in total. The van der Waals surface area contributed by atoms with E-state index in [4.69, 9.17) is 0 Å². The van der Waals surface area contributed by atoms with Crippen LogP contribution in [0.25, 0.3) is 0 Å². The van der Waals surface area contributed by atoms with E-state index in [-0.39, 0.29) is 0 Å². The number of hydrogen-bond acceptors (Lipinski definition) is 3. The van der Waals surface area contributed by atoms with Crippen LogP contribution in [-0.4, -0.2) is 18.3 Å². The zero-order chi connectivity index (χ0) is 12.2. The molecule has 0 aliphatic carbocycles. The van der Waals surface area contributed by atoms with E-state index >= 15 is 0 Å². The van der Waals surface area contributed by atoms with Crippen molar-refractivity contribution in [1.82, 2.24) is 5.32 Å². The highest BCUT2D eigenvalue weighted by atomic mass is 16.7. The van der Waals surface area contributed by atoms with Crippen molar-refractivity contribution in [3.05, 3.63) is 0 Å². The van der Waals surface area contributed by atoms with E-state index in [1.165, 1.54) is 19.3 Å². The van der Waals surface area contributed by atoms with Crippen molar-refractivity contribution in [3.8, 4) is 0 Å². The van der Waals surface area contributed by atoms with Crippen LogP contribution >= 0.6 is 0 Å². The Labute approximate surface area is 98.4 Å². The Morgan fingerprint density at radius 2 is 1.88 bits per heavy atom. The molecule has 4 nitrogen and oxygen atoms in total. The van der Waals surface area contributed by atoms with E-state index in [1.807, 2.05) is 13.8 Å². The summed E-state index contributed by atoms with van der Waals surface area (Å²) in [5, 5.41) is 6.35. The number of oxime groups is 1. The first-order valence-electron chi connectivity index (χ1n) is 6.19. The van der Waals surface area contributed by atoms with Crippen LogP contribution in [0.5, 0.6) is 0 Å². The first kappa shape index (κ1) is 14.9. The Hall–Kier alpha value is -1.06. The Kier molecular flexibility index (Phi) is 9.76. The molecule has 94 valence electrons. The normalized spacial score (nSPS) is 11.3.